The molecule has 0 saturated carbocycles. The van der Waals surface area contributed by atoms with E-state index in [1.54, 1.807) is 6.33 Å². The molecule has 2 aliphatic heterocycles. The van der Waals surface area contributed by atoms with Gasteiger partial charge < -0.3 is 14.5 Å². The Balaban J connectivity index is 1.47. The molecule has 126 valence electrons. The molecule has 0 unspecified atom stereocenters. The molecule has 9 nitrogen and oxygen atoms in total. The lowest BCUT2D eigenvalue weighted by molar-refractivity contribution is -0.133. The van der Waals surface area contributed by atoms with Crippen LogP contribution in [0.15, 0.2) is 18.9 Å². The minimum atomic E-state index is 0.0256. The van der Waals surface area contributed by atoms with Crippen molar-refractivity contribution in [3.63, 3.8) is 0 Å². The molecule has 1 saturated heterocycles. The topological polar surface area (TPSA) is 89.3 Å². The predicted molar refractivity (Wildman–Crippen MR) is 84.2 cm³/mol. The second-order valence-electron chi connectivity index (χ2n) is 5.90. The molecule has 1 amide bonds. The zero-order valence-electron chi connectivity index (χ0n) is 13.3. The quantitative estimate of drug-likeness (QED) is 0.749. The zero-order valence-corrected chi connectivity index (χ0v) is 13.3. The first-order chi connectivity index (χ1) is 11.8. The molecule has 0 radical (unpaired) electrons. The number of amides is 1. The van der Waals surface area contributed by atoms with Crippen LogP contribution >= 0.6 is 0 Å². The first kappa shape index (κ1) is 15.0. The van der Waals surface area contributed by atoms with Crippen LogP contribution in [0.5, 0.6) is 0 Å². The van der Waals surface area contributed by atoms with Gasteiger partial charge in [-0.25, -0.2) is 19.6 Å². The van der Waals surface area contributed by atoms with E-state index in [2.05, 4.69) is 20.0 Å². The lowest BCUT2D eigenvalue weighted by atomic mass is 10.1. The average Bonchev–Trinajstić information content (AvgIpc) is 3.14. The molecule has 9 heteroatoms. The molecular formula is C15H19N7O2. The van der Waals surface area contributed by atoms with Crippen LogP contribution < -0.4 is 4.90 Å². The highest BCUT2D eigenvalue weighted by Crippen LogP contribution is 2.20. The predicted octanol–water partition coefficient (Wildman–Crippen LogP) is -0.510. The lowest BCUT2D eigenvalue weighted by Crippen LogP contribution is -2.40. The fourth-order valence-electron chi connectivity index (χ4n) is 2.97. The van der Waals surface area contributed by atoms with Crippen LogP contribution in [0.4, 0.5) is 5.95 Å². The van der Waals surface area contributed by atoms with Crippen LogP contribution in [0.3, 0.4) is 0 Å². The Morgan fingerprint density at radius 2 is 2.12 bits per heavy atom. The van der Waals surface area contributed by atoms with E-state index in [1.165, 1.54) is 11.0 Å². The van der Waals surface area contributed by atoms with E-state index in [0.29, 0.717) is 26.3 Å². The van der Waals surface area contributed by atoms with Gasteiger partial charge in [0.1, 0.15) is 19.2 Å². The summed E-state index contributed by atoms with van der Waals surface area (Å²) in [4.78, 5) is 29.4. The van der Waals surface area contributed by atoms with Crippen molar-refractivity contribution in [2.24, 2.45) is 0 Å². The fourth-order valence-corrected chi connectivity index (χ4v) is 2.97. The number of morpholine rings is 1. The van der Waals surface area contributed by atoms with Crippen LogP contribution in [-0.4, -0.2) is 68.4 Å². The van der Waals surface area contributed by atoms with Crippen molar-refractivity contribution >= 4 is 11.9 Å². The van der Waals surface area contributed by atoms with Crippen LogP contribution in [-0.2, 0) is 29.0 Å². The summed E-state index contributed by atoms with van der Waals surface area (Å²) < 4.78 is 6.91. The van der Waals surface area contributed by atoms with Gasteiger partial charge in [0.25, 0.3) is 0 Å². The van der Waals surface area contributed by atoms with Crippen molar-refractivity contribution in [2.75, 3.05) is 37.7 Å². The number of hydrogen-bond donors (Lipinski definition) is 0. The smallest absolute Gasteiger partial charge is 0.244 e. The summed E-state index contributed by atoms with van der Waals surface area (Å²) in [6.45, 7) is 4.40. The number of rotatable bonds is 3. The van der Waals surface area contributed by atoms with E-state index in [9.17, 15) is 4.79 Å². The molecule has 1 fully saturated rings. The molecule has 4 heterocycles. The van der Waals surface area contributed by atoms with Gasteiger partial charge in [-0.3, -0.25) is 4.79 Å². The minimum Gasteiger partial charge on any atom is -0.378 e. The number of fused-ring (bicyclic) bond motifs is 1. The lowest BCUT2D eigenvalue weighted by Gasteiger charge is -2.30. The third-order valence-electron chi connectivity index (χ3n) is 4.34. The Bertz CT molecular complexity index is 713. The van der Waals surface area contributed by atoms with Gasteiger partial charge >= 0.3 is 0 Å². The second-order valence-corrected chi connectivity index (χ2v) is 5.90. The molecule has 0 N–H and O–H groups in total. The number of hydrogen-bond acceptors (Lipinski definition) is 7. The van der Waals surface area contributed by atoms with Gasteiger partial charge in [-0.1, -0.05) is 0 Å². The van der Waals surface area contributed by atoms with Crippen molar-refractivity contribution in [3.05, 3.63) is 30.1 Å². The van der Waals surface area contributed by atoms with E-state index >= 15 is 0 Å². The van der Waals surface area contributed by atoms with Crippen LogP contribution in [0, 0.1) is 0 Å². The van der Waals surface area contributed by atoms with Crippen molar-refractivity contribution in [2.45, 2.75) is 19.5 Å². The molecule has 0 aromatic carbocycles. The highest BCUT2D eigenvalue weighted by atomic mass is 16.5. The fraction of sp³-hybridized carbons (Fsp3) is 0.533. The molecule has 4 rings (SSSR count). The largest absolute Gasteiger partial charge is 0.378 e. The highest BCUT2D eigenvalue weighted by Gasteiger charge is 2.24. The number of nitrogens with zero attached hydrogens (tertiary/aromatic N) is 7. The maximum atomic E-state index is 12.4. The van der Waals surface area contributed by atoms with Gasteiger partial charge in [-0.05, 0) is 12.0 Å². The summed E-state index contributed by atoms with van der Waals surface area (Å²) in [6, 6.07) is 0. The van der Waals surface area contributed by atoms with Crippen molar-refractivity contribution in [1.82, 2.24) is 29.6 Å². The molecule has 2 aromatic heterocycles. The van der Waals surface area contributed by atoms with Gasteiger partial charge in [0.05, 0.1) is 25.5 Å². The molecule has 0 spiro atoms. The first-order valence-corrected chi connectivity index (χ1v) is 8.07. The number of anilines is 1. The molecular weight excluding hydrogens is 310 g/mol. The summed E-state index contributed by atoms with van der Waals surface area (Å²) in [5.74, 6) is 0.750. The molecule has 2 aromatic rings. The minimum absolute atomic E-state index is 0.0256. The highest BCUT2D eigenvalue weighted by molar-refractivity contribution is 5.76. The maximum absolute atomic E-state index is 12.4. The third-order valence-corrected chi connectivity index (χ3v) is 4.34. The zero-order chi connectivity index (χ0) is 16.4. The van der Waals surface area contributed by atoms with Gasteiger partial charge in [0.15, 0.2) is 0 Å². The summed E-state index contributed by atoms with van der Waals surface area (Å²) >= 11 is 0. The summed E-state index contributed by atoms with van der Waals surface area (Å²) in [6.07, 6.45) is 5.66. The van der Waals surface area contributed by atoms with Crippen molar-refractivity contribution < 1.29 is 9.53 Å². The van der Waals surface area contributed by atoms with E-state index in [1.807, 2.05) is 11.1 Å². The van der Waals surface area contributed by atoms with Crippen molar-refractivity contribution in [1.29, 1.82) is 0 Å². The average molecular weight is 329 g/mol. The first-order valence-electron chi connectivity index (χ1n) is 8.07. The van der Waals surface area contributed by atoms with E-state index in [-0.39, 0.29) is 12.5 Å². The standard InChI is InChI=1S/C15H19N7O2/c23-14(9-22-11-16-10-18-22)21-2-1-12-7-17-15(19-13(12)8-21)20-3-5-24-6-4-20/h7,10-11H,1-6,8-9H2. The Morgan fingerprint density at radius 1 is 1.25 bits per heavy atom. The van der Waals surface area contributed by atoms with E-state index < -0.39 is 0 Å². The Hall–Kier alpha value is -2.55. The normalized spacial score (nSPS) is 17.7. The number of carbonyl (C=O) groups is 1. The van der Waals surface area contributed by atoms with Gasteiger partial charge in [-0.15, -0.1) is 0 Å². The molecule has 0 aliphatic carbocycles. The maximum Gasteiger partial charge on any atom is 0.244 e. The van der Waals surface area contributed by atoms with Crippen LogP contribution in [0.25, 0.3) is 0 Å². The molecule has 2 aliphatic rings. The summed E-state index contributed by atoms with van der Waals surface area (Å²) in [5.41, 5.74) is 2.06. The Labute approximate surface area is 139 Å². The Morgan fingerprint density at radius 3 is 2.92 bits per heavy atom. The molecule has 24 heavy (non-hydrogen) atoms. The third kappa shape index (κ3) is 3.07. The molecule has 0 bridgehead atoms. The van der Waals surface area contributed by atoms with Crippen molar-refractivity contribution in [3.8, 4) is 0 Å². The Kier molecular flexibility index (Phi) is 4.08. The van der Waals surface area contributed by atoms with E-state index in [0.717, 1.165) is 36.7 Å². The number of aromatic nitrogens is 5. The van der Waals surface area contributed by atoms with Crippen LogP contribution in [0.1, 0.15) is 11.3 Å². The second kappa shape index (κ2) is 6.52. The number of carbonyl (C=O) groups excluding carboxylic acids is 1. The monoisotopic (exact) mass is 329 g/mol. The summed E-state index contributed by atoms with van der Waals surface area (Å²) in [7, 11) is 0. The summed E-state index contributed by atoms with van der Waals surface area (Å²) in [5, 5.41) is 3.98. The van der Waals surface area contributed by atoms with Crippen LogP contribution in [0.2, 0.25) is 0 Å². The number of ether oxygens (including phenoxy) is 1. The van der Waals surface area contributed by atoms with Gasteiger partial charge in [0.2, 0.25) is 11.9 Å². The van der Waals surface area contributed by atoms with E-state index in [4.69, 9.17) is 9.72 Å². The molecule has 0 atom stereocenters. The SMILES string of the molecule is O=C(Cn1cncn1)N1CCc2cnc(N3CCOCC3)nc2C1. The van der Waals surface area contributed by atoms with Gasteiger partial charge in [0, 0.05) is 25.8 Å². The van der Waals surface area contributed by atoms with Gasteiger partial charge in [-0.2, -0.15) is 5.10 Å².